The van der Waals surface area contributed by atoms with Gasteiger partial charge in [-0.15, -0.1) is 11.8 Å². The highest BCUT2D eigenvalue weighted by Crippen LogP contribution is 2.43. The smallest absolute Gasteiger partial charge is 0.303 e. The molecule has 0 N–H and O–H groups in total. The van der Waals surface area contributed by atoms with Gasteiger partial charge in [0.2, 0.25) is 0 Å². The van der Waals surface area contributed by atoms with Crippen molar-refractivity contribution in [3.8, 4) is 0 Å². The number of esters is 1. The molecule has 0 radical (unpaired) electrons. The van der Waals surface area contributed by atoms with Gasteiger partial charge < -0.3 is 9.16 Å². The van der Waals surface area contributed by atoms with Crippen LogP contribution in [-0.2, 0) is 14.0 Å². The Hall–Kier alpha value is -0.423. The maximum atomic E-state index is 11.0. The summed E-state index contributed by atoms with van der Waals surface area (Å²) in [4.78, 5) is 11.0. The van der Waals surface area contributed by atoms with E-state index in [0.717, 1.165) is 5.76 Å². The quantitative estimate of drug-likeness (QED) is 0.360. The van der Waals surface area contributed by atoms with E-state index >= 15 is 0 Å². The Bertz CT molecular complexity index is 316. The average molecular weight is 319 g/mol. The third-order valence-electron chi connectivity index (χ3n) is 3.68. The predicted molar refractivity (Wildman–Crippen MR) is 90.4 cm³/mol. The van der Waals surface area contributed by atoms with Gasteiger partial charge in [-0.2, -0.15) is 0 Å². The van der Waals surface area contributed by atoms with Gasteiger partial charge in [-0.3, -0.25) is 4.79 Å². The van der Waals surface area contributed by atoms with Gasteiger partial charge in [-0.05, 0) is 22.9 Å². The summed E-state index contributed by atoms with van der Waals surface area (Å²) in [6.07, 6.45) is 1.99. The fourth-order valence-electron chi connectivity index (χ4n) is 2.97. The molecule has 0 rings (SSSR count). The molecule has 0 unspecified atom stereocenters. The molecule has 20 heavy (non-hydrogen) atoms. The summed E-state index contributed by atoms with van der Waals surface area (Å²) in [6.45, 7) is 15.1. The Morgan fingerprint density at radius 2 is 1.55 bits per heavy atom. The lowest BCUT2D eigenvalue weighted by molar-refractivity contribution is -0.140. The minimum absolute atomic E-state index is 0.233. The molecule has 0 spiro atoms. The lowest BCUT2D eigenvalue weighted by Gasteiger charge is -2.42. The molecule has 0 fully saturated rings. The van der Waals surface area contributed by atoms with Gasteiger partial charge in [0.25, 0.3) is 8.32 Å². The van der Waals surface area contributed by atoms with Crippen molar-refractivity contribution in [3.63, 3.8) is 0 Å². The number of thioether (sulfide) groups is 1. The third kappa shape index (κ3) is 5.17. The Balaban J connectivity index is 5.28. The van der Waals surface area contributed by atoms with Crippen molar-refractivity contribution in [1.82, 2.24) is 0 Å². The monoisotopic (exact) mass is 318 g/mol. The summed E-state index contributed by atoms with van der Waals surface area (Å²) in [5.74, 6) is 0.516. The number of hydrogen-bond acceptors (Lipinski definition) is 4. The number of carbonyl (C=O) groups is 1. The molecule has 0 heterocycles. The van der Waals surface area contributed by atoms with Crippen LogP contribution in [0.3, 0.4) is 0 Å². The summed E-state index contributed by atoms with van der Waals surface area (Å²) in [6, 6.07) is 0. The Morgan fingerprint density at radius 3 is 1.85 bits per heavy atom. The molecule has 0 aliphatic carbocycles. The molecule has 0 bridgehead atoms. The predicted octanol–water partition coefficient (Wildman–Crippen LogP) is 4.95. The lowest BCUT2D eigenvalue weighted by Crippen LogP contribution is -2.47. The standard InChI is InChI=1S/C15H30O3SSi/c1-11(2)20(12(3)4,13(5)6)18-15(10-19-8)9-17-14(7)16/h10-13H,9H2,1-8H3/b15-10-. The maximum absolute atomic E-state index is 11.0. The molecule has 0 saturated carbocycles. The van der Waals surface area contributed by atoms with E-state index in [1.165, 1.54) is 6.92 Å². The van der Waals surface area contributed by atoms with Gasteiger partial charge in [0.05, 0.1) is 0 Å². The van der Waals surface area contributed by atoms with Crippen LogP contribution in [-0.4, -0.2) is 27.1 Å². The molecule has 0 aromatic rings. The Labute approximate surface area is 129 Å². The van der Waals surface area contributed by atoms with Crippen LogP contribution in [0.15, 0.2) is 11.2 Å². The van der Waals surface area contributed by atoms with Crippen molar-refractivity contribution in [2.75, 3.05) is 12.9 Å². The zero-order valence-corrected chi connectivity index (χ0v) is 16.0. The van der Waals surface area contributed by atoms with E-state index in [-0.39, 0.29) is 12.6 Å². The van der Waals surface area contributed by atoms with Gasteiger partial charge in [0.1, 0.15) is 12.4 Å². The number of carbonyl (C=O) groups excluding carboxylic acids is 1. The van der Waals surface area contributed by atoms with Crippen molar-refractivity contribution in [2.45, 2.75) is 65.1 Å². The lowest BCUT2D eigenvalue weighted by atomic mass is 10.5. The topological polar surface area (TPSA) is 35.5 Å². The van der Waals surface area contributed by atoms with E-state index in [2.05, 4.69) is 41.5 Å². The third-order valence-corrected chi connectivity index (χ3v) is 10.2. The van der Waals surface area contributed by atoms with Gasteiger partial charge in [0.15, 0.2) is 0 Å². The first-order valence-electron chi connectivity index (χ1n) is 7.22. The normalized spacial score (nSPS) is 13.2. The Morgan fingerprint density at radius 1 is 1.10 bits per heavy atom. The molecular weight excluding hydrogens is 288 g/mol. The molecule has 0 saturated heterocycles. The zero-order valence-electron chi connectivity index (χ0n) is 14.1. The fraction of sp³-hybridized carbons (Fsp3) is 0.800. The van der Waals surface area contributed by atoms with Crippen LogP contribution in [0.5, 0.6) is 0 Å². The van der Waals surface area contributed by atoms with E-state index in [4.69, 9.17) is 9.16 Å². The van der Waals surface area contributed by atoms with Crippen LogP contribution in [0.4, 0.5) is 0 Å². The minimum Gasteiger partial charge on any atom is -0.543 e. The van der Waals surface area contributed by atoms with Gasteiger partial charge in [-0.25, -0.2) is 0 Å². The van der Waals surface area contributed by atoms with E-state index in [1.54, 1.807) is 11.8 Å². The molecule has 0 aromatic carbocycles. The van der Waals surface area contributed by atoms with Crippen LogP contribution in [0.25, 0.3) is 0 Å². The fourth-order valence-corrected chi connectivity index (χ4v) is 8.72. The van der Waals surface area contributed by atoms with Crippen LogP contribution >= 0.6 is 11.8 Å². The second kappa shape index (κ2) is 8.77. The largest absolute Gasteiger partial charge is 0.543 e. The molecule has 3 nitrogen and oxygen atoms in total. The highest BCUT2D eigenvalue weighted by Gasteiger charge is 2.47. The summed E-state index contributed by atoms with van der Waals surface area (Å²) in [5.41, 5.74) is 1.51. The van der Waals surface area contributed by atoms with Crippen molar-refractivity contribution in [2.24, 2.45) is 0 Å². The molecular formula is C15H30O3SSi. The second-order valence-corrected chi connectivity index (χ2v) is 12.1. The van der Waals surface area contributed by atoms with Crippen LogP contribution in [0.1, 0.15) is 48.5 Å². The summed E-state index contributed by atoms with van der Waals surface area (Å²) < 4.78 is 11.6. The first-order valence-corrected chi connectivity index (χ1v) is 10.6. The molecule has 0 atom stereocenters. The average Bonchev–Trinajstić information content (AvgIpc) is 2.30. The molecule has 0 aliphatic rings. The highest BCUT2D eigenvalue weighted by molar-refractivity contribution is 8.01. The molecule has 0 aromatic heterocycles. The van der Waals surface area contributed by atoms with E-state index < -0.39 is 8.32 Å². The second-order valence-electron chi connectivity index (χ2n) is 6.02. The first-order chi connectivity index (χ1) is 9.18. The van der Waals surface area contributed by atoms with E-state index in [0.29, 0.717) is 16.6 Å². The van der Waals surface area contributed by atoms with Crippen LogP contribution in [0.2, 0.25) is 16.6 Å². The number of ether oxygens (including phenoxy) is 1. The molecule has 0 aliphatic heterocycles. The maximum Gasteiger partial charge on any atom is 0.303 e. The first kappa shape index (κ1) is 19.6. The summed E-state index contributed by atoms with van der Waals surface area (Å²) in [5, 5.41) is 1.96. The zero-order chi connectivity index (χ0) is 15.9. The Kier molecular flexibility index (Phi) is 8.59. The van der Waals surface area contributed by atoms with Crippen LogP contribution < -0.4 is 0 Å². The van der Waals surface area contributed by atoms with E-state index in [9.17, 15) is 4.79 Å². The number of rotatable bonds is 8. The van der Waals surface area contributed by atoms with Gasteiger partial charge in [0, 0.05) is 12.3 Å². The van der Waals surface area contributed by atoms with Gasteiger partial charge in [-0.1, -0.05) is 41.5 Å². The molecule has 5 heteroatoms. The van der Waals surface area contributed by atoms with Crippen molar-refractivity contribution in [1.29, 1.82) is 0 Å². The van der Waals surface area contributed by atoms with E-state index in [1.807, 2.05) is 11.7 Å². The molecule has 118 valence electrons. The van der Waals surface area contributed by atoms with Crippen molar-refractivity contribution in [3.05, 3.63) is 11.2 Å². The van der Waals surface area contributed by atoms with Crippen LogP contribution in [0, 0.1) is 0 Å². The minimum atomic E-state index is -1.97. The van der Waals surface area contributed by atoms with Crippen molar-refractivity contribution >= 4 is 26.0 Å². The number of hydrogen-bond donors (Lipinski definition) is 0. The molecule has 0 amide bonds. The van der Waals surface area contributed by atoms with Gasteiger partial charge >= 0.3 is 5.97 Å². The summed E-state index contributed by atoms with van der Waals surface area (Å²) in [7, 11) is -1.97. The summed E-state index contributed by atoms with van der Waals surface area (Å²) >= 11 is 1.58. The van der Waals surface area contributed by atoms with Crippen molar-refractivity contribution < 1.29 is 14.0 Å². The SMILES string of the molecule is CS/C=C(/COC(C)=O)O[Si](C(C)C)(C(C)C)C(C)C. The highest BCUT2D eigenvalue weighted by atomic mass is 32.2.